The van der Waals surface area contributed by atoms with Crippen molar-refractivity contribution in [3.05, 3.63) is 57.8 Å². The Bertz CT molecular complexity index is 939. The van der Waals surface area contributed by atoms with Crippen molar-refractivity contribution in [3.63, 3.8) is 0 Å². The summed E-state index contributed by atoms with van der Waals surface area (Å²) in [6, 6.07) is 3.30. The minimum absolute atomic E-state index is 0.205. The molecule has 0 atom stereocenters. The van der Waals surface area contributed by atoms with Crippen LogP contribution in [0.25, 0.3) is 0 Å². The lowest BCUT2D eigenvalue weighted by Crippen LogP contribution is -2.16. The van der Waals surface area contributed by atoms with Gasteiger partial charge in [-0.2, -0.15) is 26.3 Å². The molecule has 0 fully saturated rings. The highest BCUT2D eigenvalue weighted by Crippen LogP contribution is 2.37. The van der Waals surface area contributed by atoms with Gasteiger partial charge in [0.15, 0.2) is 0 Å². The molecule has 0 bridgehead atoms. The zero-order valence-electron chi connectivity index (χ0n) is 12.2. The van der Waals surface area contributed by atoms with Gasteiger partial charge in [-0.1, -0.05) is 15.9 Å². The fraction of sp³-hybridized carbons (Fsp3) is 0.143. The molecule has 2 aromatic carbocycles. The van der Waals surface area contributed by atoms with E-state index in [0.29, 0.717) is 18.2 Å². The molecule has 12 heteroatoms. The standard InChI is InChI=1S/C14H7BrF7NO2S/c15-11-3-2-8(6-9(11)13(17,18)19)26(24,25)23-7-1-4-12(16)10(5-7)14(20,21)22/h1-6,23H. The van der Waals surface area contributed by atoms with Crippen molar-refractivity contribution in [3.8, 4) is 0 Å². The largest absolute Gasteiger partial charge is 0.419 e. The molecule has 2 rings (SSSR count). The third-order valence-corrected chi connectivity index (χ3v) is 5.15. The SMILES string of the molecule is O=S(=O)(Nc1ccc(F)c(C(F)(F)F)c1)c1ccc(Br)c(C(F)(F)F)c1. The summed E-state index contributed by atoms with van der Waals surface area (Å²) in [5, 5.41) is 0. The lowest BCUT2D eigenvalue weighted by molar-refractivity contribution is -0.140. The average Bonchev–Trinajstić information content (AvgIpc) is 2.47. The third kappa shape index (κ3) is 4.47. The van der Waals surface area contributed by atoms with Crippen LogP contribution in [0.15, 0.2) is 45.8 Å². The highest BCUT2D eigenvalue weighted by molar-refractivity contribution is 9.10. The fourth-order valence-corrected chi connectivity index (χ4v) is 3.46. The van der Waals surface area contributed by atoms with Gasteiger partial charge in [0, 0.05) is 10.2 Å². The van der Waals surface area contributed by atoms with Gasteiger partial charge in [0.05, 0.1) is 16.0 Å². The summed E-state index contributed by atoms with van der Waals surface area (Å²) in [6.07, 6.45) is -9.93. The molecule has 0 saturated heterocycles. The normalized spacial score (nSPS) is 12.9. The lowest BCUT2D eigenvalue weighted by atomic mass is 10.2. The van der Waals surface area contributed by atoms with Gasteiger partial charge in [0.2, 0.25) is 0 Å². The van der Waals surface area contributed by atoms with Crippen molar-refractivity contribution < 1.29 is 39.2 Å². The third-order valence-electron chi connectivity index (χ3n) is 3.08. The molecule has 0 aliphatic heterocycles. The second-order valence-electron chi connectivity index (χ2n) is 4.94. The van der Waals surface area contributed by atoms with Crippen LogP contribution in [-0.4, -0.2) is 8.42 Å². The average molecular weight is 466 g/mol. The highest BCUT2D eigenvalue weighted by Gasteiger charge is 2.36. The van der Waals surface area contributed by atoms with E-state index in [1.807, 2.05) is 0 Å². The van der Waals surface area contributed by atoms with Gasteiger partial charge < -0.3 is 0 Å². The van der Waals surface area contributed by atoms with Crippen LogP contribution in [0.1, 0.15) is 11.1 Å². The van der Waals surface area contributed by atoms with Crippen LogP contribution in [0.5, 0.6) is 0 Å². The highest BCUT2D eigenvalue weighted by atomic mass is 79.9. The van der Waals surface area contributed by atoms with Gasteiger partial charge in [-0.25, -0.2) is 12.8 Å². The molecule has 26 heavy (non-hydrogen) atoms. The number of hydrogen-bond donors (Lipinski definition) is 1. The summed E-state index contributed by atoms with van der Waals surface area (Å²) in [6.45, 7) is 0. The summed E-state index contributed by atoms with van der Waals surface area (Å²) in [5.41, 5.74) is -3.66. The van der Waals surface area contributed by atoms with Crippen molar-refractivity contribution >= 4 is 31.6 Å². The number of halogens is 8. The quantitative estimate of drug-likeness (QED) is 0.614. The molecule has 0 spiro atoms. The summed E-state index contributed by atoms with van der Waals surface area (Å²) in [5.74, 6) is -1.62. The van der Waals surface area contributed by atoms with E-state index >= 15 is 0 Å². The lowest BCUT2D eigenvalue weighted by Gasteiger charge is -2.14. The van der Waals surface area contributed by atoms with E-state index in [1.165, 1.54) is 0 Å². The van der Waals surface area contributed by atoms with Crippen LogP contribution in [0, 0.1) is 5.82 Å². The number of nitrogens with one attached hydrogen (secondary N) is 1. The maximum atomic E-state index is 13.2. The van der Waals surface area contributed by atoms with Crippen LogP contribution in [0.2, 0.25) is 0 Å². The molecule has 0 unspecified atom stereocenters. The Labute approximate surface area is 151 Å². The van der Waals surface area contributed by atoms with E-state index in [9.17, 15) is 39.2 Å². The van der Waals surface area contributed by atoms with Gasteiger partial charge in [0.1, 0.15) is 5.82 Å². The first-order chi connectivity index (χ1) is 11.7. The summed E-state index contributed by atoms with van der Waals surface area (Å²) in [4.78, 5) is -0.828. The number of sulfonamides is 1. The number of benzene rings is 2. The minimum atomic E-state index is -5.08. The molecule has 0 aromatic heterocycles. The molecule has 2 aromatic rings. The van der Waals surface area contributed by atoms with Crippen molar-refractivity contribution in [2.75, 3.05) is 4.72 Å². The molecule has 3 nitrogen and oxygen atoms in total. The molecular formula is C14H7BrF7NO2S. The van der Waals surface area contributed by atoms with Crippen molar-refractivity contribution in [1.29, 1.82) is 0 Å². The van der Waals surface area contributed by atoms with E-state index < -0.39 is 54.4 Å². The van der Waals surface area contributed by atoms with Gasteiger partial charge >= 0.3 is 12.4 Å². The van der Waals surface area contributed by atoms with Gasteiger partial charge in [-0.3, -0.25) is 4.72 Å². The molecule has 0 radical (unpaired) electrons. The van der Waals surface area contributed by atoms with Gasteiger partial charge in [-0.05, 0) is 36.4 Å². The van der Waals surface area contributed by atoms with Gasteiger partial charge in [-0.15, -0.1) is 0 Å². The topological polar surface area (TPSA) is 46.2 Å². The Kier molecular flexibility index (Phi) is 5.30. The van der Waals surface area contributed by atoms with Crippen LogP contribution in [-0.2, 0) is 22.4 Å². The van der Waals surface area contributed by atoms with Crippen LogP contribution >= 0.6 is 15.9 Å². The molecule has 0 aliphatic rings. The first-order valence-corrected chi connectivity index (χ1v) is 8.76. The summed E-state index contributed by atoms with van der Waals surface area (Å²) < 4.78 is 115. The molecular weight excluding hydrogens is 459 g/mol. The maximum absolute atomic E-state index is 13.2. The maximum Gasteiger partial charge on any atom is 0.419 e. The molecule has 0 saturated carbocycles. The number of hydrogen-bond acceptors (Lipinski definition) is 2. The molecule has 1 N–H and O–H groups in total. The predicted octanol–water partition coefficient (Wildman–Crippen LogP) is 5.43. The van der Waals surface area contributed by atoms with Crippen molar-refractivity contribution in [2.24, 2.45) is 0 Å². The van der Waals surface area contributed by atoms with E-state index in [0.717, 1.165) is 12.1 Å². The Morgan fingerprint density at radius 2 is 1.42 bits per heavy atom. The predicted molar refractivity (Wildman–Crippen MR) is 81.4 cm³/mol. The van der Waals surface area contributed by atoms with E-state index in [-0.39, 0.29) is 6.07 Å². The number of alkyl halides is 6. The Morgan fingerprint density at radius 3 is 1.96 bits per heavy atom. The number of rotatable bonds is 3. The Balaban J connectivity index is 2.45. The number of anilines is 1. The van der Waals surface area contributed by atoms with Crippen molar-refractivity contribution in [1.82, 2.24) is 0 Å². The van der Waals surface area contributed by atoms with Crippen LogP contribution < -0.4 is 4.72 Å². The second-order valence-corrected chi connectivity index (χ2v) is 7.47. The second kappa shape index (κ2) is 6.72. The summed E-state index contributed by atoms with van der Waals surface area (Å²) >= 11 is 2.64. The zero-order chi connectivity index (χ0) is 19.9. The summed E-state index contributed by atoms with van der Waals surface area (Å²) in [7, 11) is -4.65. The smallest absolute Gasteiger partial charge is 0.280 e. The van der Waals surface area contributed by atoms with E-state index in [4.69, 9.17) is 0 Å². The first kappa shape index (κ1) is 20.5. The van der Waals surface area contributed by atoms with Gasteiger partial charge in [0.25, 0.3) is 10.0 Å². The monoisotopic (exact) mass is 465 g/mol. The Hall–Kier alpha value is -1.82. The van der Waals surface area contributed by atoms with E-state index in [1.54, 1.807) is 4.72 Å². The minimum Gasteiger partial charge on any atom is -0.280 e. The molecule has 0 aliphatic carbocycles. The Morgan fingerprint density at radius 1 is 0.846 bits per heavy atom. The first-order valence-electron chi connectivity index (χ1n) is 6.48. The van der Waals surface area contributed by atoms with Crippen molar-refractivity contribution in [2.45, 2.75) is 17.2 Å². The molecule has 142 valence electrons. The zero-order valence-corrected chi connectivity index (χ0v) is 14.6. The molecule has 0 heterocycles. The van der Waals surface area contributed by atoms with Crippen LogP contribution in [0.4, 0.5) is 36.4 Å². The van der Waals surface area contributed by atoms with Crippen LogP contribution in [0.3, 0.4) is 0 Å². The fourth-order valence-electron chi connectivity index (χ4n) is 1.91. The van der Waals surface area contributed by atoms with E-state index in [2.05, 4.69) is 15.9 Å². The molecule has 0 amide bonds.